The summed E-state index contributed by atoms with van der Waals surface area (Å²) >= 11 is 0. The molecule has 0 aliphatic heterocycles. The van der Waals surface area contributed by atoms with Crippen molar-refractivity contribution in [2.24, 2.45) is 0 Å². The van der Waals surface area contributed by atoms with Gasteiger partial charge in [0.2, 0.25) is 10.0 Å². The van der Waals surface area contributed by atoms with Gasteiger partial charge in [0.05, 0.1) is 38.3 Å². The molecule has 0 unspecified atom stereocenters. The molecule has 0 saturated carbocycles. The van der Waals surface area contributed by atoms with E-state index in [0.29, 0.717) is 22.8 Å². The Morgan fingerprint density at radius 1 is 0.920 bits per heavy atom. The van der Waals surface area contributed by atoms with Gasteiger partial charge in [-0.2, -0.15) is 4.72 Å². The smallest absolute Gasteiger partial charge is 0.241 e. The van der Waals surface area contributed by atoms with Crippen LogP contribution in [0.1, 0.15) is 5.56 Å². The molecule has 25 heavy (non-hydrogen) atoms. The Morgan fingerprint density at radius 3 is 2.28 bits per heavy atom. The first-order valence-electron chi connectivity index (χ1n) is 7.35. The molecule has 0 aromatic heterocycles. The van der Waals surface area contributed by atoms with E-state index in [1.54, 1.807) is 19.2 Å². The first-order chi connectivity index (χ1) is 12.0. The topological polar surface area (TPSA) is 73.9 Å². The first kappa shape index (κ1) is 18.6. The number of sulfonamides is 1. The van der Waals surface area contributed by atoms with Crippen LogP contribution in [-0.2, 0) is 10.0 Å². The summed E-state index contributed by atoms with van der Waals surface area (Å²) in [6.45, 7) is -0.0330. The van der Waals surface area contributed by atoms with Crippen molar-refractivity contribution in [3.05, 3.63) is 48.0 Å². The Kier molecular flexibility index (Phi) is 6.28. The maximum Gasteiger partial charge on any atom is 0.241 e. The lowest BCUT2D eigenvalue weighted by Crippen LogP contribution is -2.24. The third-order valence-corrected chi connectivity index (χ3v) is 4.74. The van der Waals surface area contributed by atoms with Crippen LogP contribution >= 0.6 is 0 Å². The van der Waals surface area contributed by atoms with Gasteiger partial charge in [0.1, 0.15) is 5.75 Å². The second-order valence-corrected chi connectivity index (χ2v) is 6.61. The van der Waals surface area contributed by atoms with Gasteiger partial charge in [0.25, 0.3) is 0 Å². The highest BCUT2D eigenvalue weighted by atomic mass is 32.2. The number of methoxy groups -OCH3 is 3. The maximum absolute atomic E-state index is 12.3. The van der Waals surface area contributed by atoms with Crippen LogP contribution in [0, 0.1) is 11.8 Å². The third kappa shape index (κ3) is 4.66. The molecule has 0 amide bonds. The minimum Gasteiger partial charge on any atom is -0.495 e. The van der Waals surface area contributed by atoms with Crippen LogP contribution in [0.25, 0.3) is 0 Å². The predicted octanol–water partition coefficient (Wildman–Crippen LogP) is 2.04. The van der Waals surface area contributed by atoms with Crippen molar-refractivity contribution in [2.75, 3.05) is 27.9 Å². The number of hydrogen-bond acceptors (Lipinski definition) is 5. The first-order valence-corrected chi connectivity index (χ1v) is 8.83. The molecule has 0 atom stereocenters. The summed E-state index contributed by atoms with van der Waals surface area (Å²) in [5.41, 5.74) is 0.690. The van der Waals surface area contributed by atoms with E-state index in [9.17, 15) is 8.42 Å². The summed E-state index contributed by atoms with van der Waals surface area (Å²) in [5, 5.41) is 0. The van der Waals surface area contributed by atoms with Gasteiger partial charge in [-0.1, -0.05) is 24.0 Å². The quantitative estimate of drug-likeness (QED) is 0.797. The minimum absolute atomic E-state index is 0.0330. The molecule has 0 fully saturated rings. The highest BCUT2D eigenvalue weighted by molar-refractivity contribution is 7.89. The normalized spacial score (nSPS) is 10.5. The number of para-hydroxylation sites is 1. The molecular weight excluding hydrogens is 342 g/mol. The van der Waals surface area contributed by atoms with Gasteiger partial charge in [-0.15, -0.1) is 0 Å². The molecule has 0 spiro atoms. The Hall–Kier alpha value is -2.69. The zero-order valence-electron chi connectivity index (χ0n) is 14.2. The predicted molar refractivity (Wildman–Crippen MR) is 94.6 cm³/mol. The monoisotopic (exact) mass is 361 g/mol. The van der Waals surface area contributed by atoms with E-state index in [4.69, 9.17) is 14.2 Å². The van der Waals surface area contributed by atoms with E-state index in [2.05, 4.69) is 16.6 Å². The van der Waals surface area contributed by atoms with Crippen molar-refractivity contribution in [2.45, 2.75) is 4.90 Å². The molecular formula is C18H19NO5S. The van der Waals surface area contributed by atoms with Crippen LogP contribution in [-0.4, -0.2) is 36.3 Å². The van der Waals surface area contributed by atoms with E-state index in [1.165, 1.54) is 32.4 Å². The van der Waals surface area contributed by atoms with Gasteiger partial charge in [-0.25, -0.2) is 8.42 Å². The fraction of sp³-hybridized carbons (Fsp3) is 0.222. The Morgan fingerprint density at radius 2 is 1.60 bits per heavy atom. The maximum atomic E-state index is 12.3. The average molecular weight is 361 g/mol. The number of benzene rings is 2. The van der Waals surface area contributed by atoms with E-state index >= 15 is 0 Å². The number of rotatable bonds is 6. The second-order valence-electron chi connectivity index (χ2n) is 4.84. The Labute approximate surface area is 147 Å². The largest absolute Gasteiger partial charge is 0.495 e. The molecule has 2 aromatic rings. The summed E-state index contributed by atoms with van der Waals surface area (Å²) in [4.78, 5) is 0.0734. The van der Waals surface area contributed by atoms with Gasteiger partial charge in [-0.05, 0) is 24.3 Å². The van der Waals surface area contributed by atoms with Gasteiger partial charge < -0.3 is 14.2 Å². The van der Waals surface area contributed by atoms with Crippen molar-refractivity contribution in [3.8, 4) is 29.1 Å². The molecule has 2 rings (SSSR count). The average Bonchev–Trinajstić information content (AvgIpc) is 2.64. The fourth-order valence-electron chi connectivity index (χ4n) is 2.09. The molecule has 0 aliphatic carbocycles. The zero-order valence-corrected chi connectivity index (χ0v) is 15.0. The highest BCUT2D eigenvalue weighted by Gasteiger charge is 2.16. The van der Waals surface area contributed by atoms with Crippen molar-refractivity contribution < 1.29 is 22.6 Å². The minimum atomic E-state index is -3.71. The van der Waals surface area contributed by atoms with Crippen LogP contribution in [0.4, 0.5) is 0 Å². The van der Waals surface area contributed by atoms with Crippen LogP contribution in [0.5, 0.6) is 17.2 Å². The van der Waals surface area contributed by atoms with Crippen LogP contribution < -0.4 is 18.9 Å². The number of nitrogens with one attached hydrogen (secondary N) is 1. The van der Waals surface area contributed by atoms with Gasteiger partial charge in [0.15, 0.2) is 11.5 Å². The summed E-state index contributed by atoms with van der Waals surface area (Å²) in [7, 11) is 0.777. The highest BCUT2D eigenvalue weighted by Crippen LogP contribution is 2.29. The molecule has 0 bridgehead atoms. The number of hydrogen-bond donors (Lipinski definition) is 1. The lowest BCUT2D eigenvalue weighted by molar-refractivity contribution is 0.354. The van der Waals surface area contributed by atoms with Crippen LogP contribution in [0.2, 0.25) is 0 Å². The van der Waals surface area contributed by atoms with Crippen LogP contribution in [0.15, 0.2) is 47.4 Å². The van der Waals surface area contributed by atoms with E-state index < -0.39 is 10.0 Å². The molecule has 0 heterocycles. The van der Waals surface area contributed by atoms with E-state index in [0.717, 1.165) is 0 Å². The number of ether oxygens (including phenoxy) is 3. The fourth-order valence-corrected chi connectivity index (χ4v) is 3.02. The summed E-state index contributed by atoms with van der Waals surface area (Å²) in [6, 6.07) is 11.6. The SMILES string of the molecule is COc1ccccc1C#CCNS(=O)(=O)c1ccc(OC)c(OC)c1. The lowest BCUT2D eigenvalue weighted by Gasteiger charge is -2.10. The standard InChI is InChI=1S/C18H19NO5S/c1-22-16-9-5-4-7-14(16)8-6-12-19-25(20,21)15-10-11-17(23-2)18(13-15)24-3/h4-5,7,9-11,13,19H,12H2,1-3H3. The molecule has 1 N–H and O–H groups in total. The molecule has 0 saturated heterocycles. The summed E-state index contributed by atoms with van der Waals surface area (Å²) in [6.07, 6.45) is 0. The van der Waals surface area contributed by atoms with Crippen LogP contribution in [0.3, 0.4) is 0 Å². The van der Waals surface area contributed by atoms with Gasteiger partial charge >= 0.3 is 0 Å². The second kappa shape index (κ2) is 8.42. The Balaban J connectivity index is 2.12. The third-order valence-electron chi connectivity index (χ3n) is 3.35. The molecule has 0 aliphatic rings. The molecule has 6 nitrogen and oxygen atoms in total. The zero-order chi connectivity index (χ0) is 18.3. The molecule has 0 radical (unpaired) electrons. The summed E-state index contributed by atoms with van der Waals surface area (Å²) in [5.74, 6) is 7.09. The van der Waals surface area contributed by atoms with Crippen molar-refractivity contribution in [3.63, 3.8) is 0 Å². The van der Waals surface area contributed by atoms with E-state index in [1.807, 2.05) is 12.1 Å². The van der Waals surface area contributed by atoms with Gasteiger partial charge in [-0.3, -0.25) is 0 Å². The summed E-state index contributed by atoms with van der Waals surface area (Å²) < 4.78 is 42.5. The van der Waals surface area contributed by atoms with E-state index in [-0.39, 0.29) is 11.4 Å². The van der Waals surface area contributed by atoms with Crippen molar-refractivity contribution >= 4 is 10.0 Å². The van der Waals surface area contributed by atoms with Crippen molar-refractivity contribution in [1.29, 1.82) is 0 Å². The van der Waals surface area contributed by atoms with Crippen molar-refractivity contribution in [1.82, 2.24) is 4.72 Å². The Bertz CT molecular complexity index is 897. The molecule has 7 heteroatoms. The lowest BCUT2D eigenvalue weighted by atomic mass is 10.2. The van der Waals surface area contributed by atoms with Gasteiger partial charge in [0, 0.05) is 6.07 Å². The molecule has 132 valence electrons. The molecule has 2 aromatic carbocycles.